The van der Waals surface area contributed by atoms with Crippen molar-refractivity contribution in [1.82, 2.24) is 14.8 Å². The summed E-state index contributed by atoms with van der Waals surface area (Å²) in [5, 5.41) is 12.6. The quantitative estimate of drug-likeness (QED) is 0.688. The van der Waals surface area contributed by atoms with Gasteiger partial charge in [0.05, 0.1) is 18.0 Å². The number of hydrogen-bond acceptors (Lipinski definition) is 4. The van der Waals surface area contributed by atoms with E-state index in [-0.39, 0.29) is 5.95 Å². The second-order valence-electron chi connectivity index (χ2n) is 3.30. The maximum absolute atomic E-state index is 8.72. The number of nitrogens with zero attached hydrogens (tertiary/aromatic N) is 4. The van der Waals surface area contributed by atoms with Gasteiger partial charge in [0.25, 0.3) is 0 Å². The Morgan fingerprint density at radius 1 is 1.75 bits per heavy atom. The van der Waals surface area contributed by atoms with Crippen molar-refractivity contribution in [2.45, 2.75) is 20.4 Å². The van der Waals surface area contributed by atoms with Gasteiger partial charge in [-0.05, 0) is 13.8 Å². The standard InChI is InChI=1S/C7H11N5/c1-7(2,3-8)4-12-5-10-6(9)11-12/h5H,4H2,1-2H3,(H2,9,11). The predicted molar refractivity (Wildman–Crippen MR) is 43.8 cm³/mol. The zero-order valence-corrected chi connectivity index (χ0v) is 7.15. The van der Waals surface area contributed by atoms with Crippen LogP contribution in [0, 0.1) is 16.7 Å². The zero-order valence-electron chi connectivity index (χ0n) is 7.15. The molecule has 5 nitrogen and oxygen atoms in total. The van der Waals surface area contributed by atoms with Gasteiger partial charge in [-0.1, -0.05) is 0 Å². The topological polar surface area (TPSA) is 80.5 Å². The SMILES string of the molecule is CC(C)(C#N)Cn1cnc(N)n1. The largest absolute Gasteiger partial charge is 0.367 e. The van der Waals surface area contributed by atoms with Gasteiger partial charge in [0, 0.05) is 0 Å². The Hall–Kier alpha value is -1.57. The molecular weight excluding hydrogens is 154 g/mol. The molecular formula is C7H11N5. The lowest BCUT2D eigenvalue weighted by Crippen LogP contribution is -2.17. The van der Waals surface area contributed by atoms with E-state index < -0.39 is 5.41 Å². The molecule has 0 unspecified atom stereocenters. The Kier molecular flexibility index (Phi) is 2.00. The van der Waals surface area contributed by atoms with Gasteiger partial charge in [-0.25, -0.2) is 9.67 Å². The van der Waals surface area contributed by atoms with Crippen LogP contribution in [0.4, 0.5) is 5.95 Å². The molecule has 1 aromatic rings. The summed E-state index contributed by atoms with van der Waals surface area (Å²) in [7, 11) is 0. The summed E-state index contributed by atoms with van der Waals surface area (Å²) in [6.07, 6.45) is 1.52. The summed E-state index contributed by atoms with van der Waals surface area (Å²) < 4.78 is 1.57. The highest BCUT2D eigenvalue weighted by Crippen LogP contribution is 2.15. The van der Waals surface area contributed by atoms with E-state index in [9.17, 15) is 0 Å². The molecule has 1 aromatic heterocycles. The van der Waals surface area contributed by atoms with E-state index in [1.54, 1.807) is 4.68 Å². The molecule has 2 N–H and O–H groups in total. The Morgan fingerprint density at radius 3 is 2.83 bits per heavy atom. The number of anilines is 1. The minimum absolute atomic E-state index is 0.240. The molecule has 0 amide bonds. The molecule has 0 atom stereocenters. The first-order chi connectivity index (χ1) is 5.53. The van der Waals surface area contributed by atoms with E-state index in [2.05, 4.69) is 16.2 Å². The lowest BCUT2D eigenvalue weighted by molar-refractivity contribution is 0.384. The van der Waals surface area contributed by atoms with Crippen molar-refractivity contribution in [3.63, 3.8) is 0 Å². The van der Waals surface area contributed by atoms with Gasteiger partial charge in [-0.3, -0.25) is 0 Å². The molecule has 0 aliphatic rings. The van der Waals surface area contributed by atoms with Crippen molar-refractivity contribution < 1.29 is 0 Å². The van der Waals surface area contributed by atoms with E-state index in [0.29, 0.717) is 6.54 Å². The van der Waals surface area contributed by atoms with Gasteiger partial charge in [0.15, 0.2) is 0 Å². The molecule has 0 aliphatic heterocycles. The van der Waals surface area contributed by atoms with Crippen molar-refractivity contribution in [3.05, 3.63) is 6.33 Å². The molecule has 1 rings (SSSR count). The van der Waals surface area contributed by atoms with E-state index in [4.69, 9.17) is 11.0 Å². The number of nitriles is 1. The number of nitrogen functional groups attached to an aromatic ring is 1. The number of hydrogen-bond donors (Lipinski definition) is 1. The fourth-order valence-electron chi connectivity index (χ4n) is 0.826. The van der Waals surface area contributed by atoms with Gasteiger partial charge < -0.3 is 5.73 Å². The summed E-state index contributed by atoms with van der Waals surface area (Å²) in [4.78, 5) is 3.76. The molecule has 64 valence electrons. The van der Waals surface area contributed by atoms with Crippen LogP contribution in [0.3, 0.4) is 0 Å². The van der Waals surface area contributed by atoms with Gasteiger partial charge in [0.2, 0.25) is 5.95 Å². The fourth-order valence-corrected chi connectivity index (χ4v) is 0.826. The molecule has 1 heterocycles. The van der Waals surface area contributed by atoms with Crippen LogP contribution in [0.2, 0.25) is 0 Å². The Bertz CT molecular complexity index is 306. The highest BCUT2D eigenvalue weighted by Gasteiger charge is 2.17. The first-order valence-corrected chi connectivity index (χ1v) is 3.60. The maximum atomic E-state index is 8.72. The average Bonchev–Trinajstić information content (AvgIpc) is 2.35. The summed E-state index contributed by atoms with van der Waals surface area (Å²) in [5.74, 6) is 0.240. The van der Waals surface area contributed by atoms with Crippen LogP contribution >= 0.6 is 0 Å². The third-order valence-electron chi connectivity index (χ3n) is 1.41. The van der Waals surface area contributed by atoms with Crippen LogP contribution in [0.1, 0.15) is 13.8 Å². The Morgan fingerprint density at radius 2 is 2.42 bits per heavy atom. The molecule has 0 bridgehead atoms. The van der Waals surface area contributed by atoms with E-state index in [0.717, 1.165) is 0 Å². The Labute approximate surface area is 70.8 Å². The molecule has 0 aliphatic carbocycles. The van der Waals surface area contributed by atoms with Crippen molar-refractivity contribution >= 4 is 5.95 Å². The van der Waals surface area contributed by atoms with Crippen LogP contribution in [0.15, 0.2) is 6.33 Å². The molecule has 0 radical (unpaired) electrons. The molecule has 5 heteroatoms. The second kappa shape index (κ2) is 2.81. The molecule has 0 fully saturated rings. The summed E-state index contributed by atoms with van der Waals surface area (Å²) >= 11 is 0. The summed E-state index contributed by atoms with van der Waals surface area (Å²) in [6.45, 7) is 4.18. The minimum atomic E-state index is -0.430. The summed E-state index contributed by atoms with van der Waals surface area (Å²) in [6, 6.07) is 2.17. The van der Waals surface area contributed by atoms with Gasteiger partial charge >= 0.3 is 0 Å². The second-order valence-corrected chi connectivity index (χ2v) is 3.30. The number of nitrogens with two attached hydrogens (primary N) is 1. The normalized spacial score (nSPS) is 11.1. The van der Waals surface area contributed by atoms with Gasteiger partial charge in [-0.2, -0.15) is 5.26 Å². The van der Waals surface area contributed by atoms with Crippen molar-refractivity contribution in [2.24, 2.45) is 5.41 Å². The smallest absolute Gasteiger partial charge is 0.239 e. The zero-order chi connectivity index (χ0) is 9.19. The van der Waals surface area contributed by atoms with Crippen molar-refractivity contribution in [1.29, 1.82) is 5.26 Å². The maximum Gasteiger partial charge on any atom is 0.239 e. The van der Waals surface area contributed by atoms with Gasteiger partial charge in [0.1, 0.15) is 6.33 Å². The number of rotatable bonds is 2. The fraction of sp³-hybridized carbons (Fsp3) is 0.571. The predicted octanol–water partition coefficient (Wildman–Crippen LogP) is 0.410. The first kappa shape index (κ1) is 8.53. The van der Waals surface area contributed by atoms with Crippen LogP contribution in [0.5, 0.6) is 0 Å². The minimum Gasteiger partial charge on any atom is -0.367 e. The highest BCUT2D eigenvalue weighted by molar-refractivity contribution is 5.09. The van der Waals surface area contributed by atoms with Gasteiger partial charge in [-0.15, -0.1) is 5.10 Å². The first-order valence-electron chi connectivity index (χ1n) is 3.60. The lowest BCUT2D eigenvalue weighted by Gasteiger charge is -2.13. The van der Waals surface area contributed by atoms with E-state index in [1.165, 1.54) is 6.33 Å². The third-order valence-corrected chi connectivity index (χ3v) is 1.41. The summed E-state index contributed by atoms with van der Waals surface area (Å²) in [5.41, 5.74) is 4.88. The van der Waals surface area contributed by atoms with Crippen LogP contribution < -0.4 is 5.73 Å². The van der Waals surface area contributed by atoms with Crippen LogP contribution in [-0.4, -0.2) is 14.8 Å². The van der Waals surface area contributed by atoms with Crippen LogP contribution in [0.25, 0.3) is 0 Å². The molecule has 0 aromatic carbocycles. The lowest BCUT2D eigenvalue weighted by atomic mass is 9.96. The van der Waals surface area contributed by atoms with E-state index in [1.807, 2.05) is 13.8 Å². The molecule has 0 spiro atoms. The monoisotopic (exact) mass is 165 g/mol. The average molecular weight is 165 g/mol. The van der Waals surface area contributed by atoms with Crippen molar-refractivity contribution in [2.75, 3.05) is 5.73 Å². The molecule has 12 heavy (non-hydrogen) atoms. The Balaban J connectivity index is 2.72. The van der Waals surface area contributed by atoms with Crippen molar-refractivity contribution in [3.8, 4) is 6.07 Å². The third kappa shape index (κ3) is 1.95. The van der Waals surface area contributed by atoms with Crippen LogP contribution in [-0.2, 0) is 6.54 Å². The number of aromatic nitrogens is 3. The molecule has 0 saturated heterocycles. The van der Waals surface area contributed by atoms with E-state index >= 15 is 0 Å². The highest BCUT2D eigenvalue weighted by atomic mass is 15.4. The molecule has 0 saturated carbocycles.